The molecule has 29 heavy (non-hydrogen) atoms. The zero-order valence-corrected chi connectivity index (χ0v) is 17.4. The lowest BCUT2D eigenvalue weighted by Crippen LogP contribution is -2.98. The van der Waals surface area contributed by atoms with Crippen LogP contribution in [0.1, 0.15) is 55.8 Å². The second-order valence-electron chi connectivity index (χ2n) is 9.61. The number of aromatic amines is 1. The van der Waals surface area contributed by atoms with Gasteiger partial charge in [-0.3, -0.25) is 4.79 Å². The van der Waals surface area contributed by atoms with Crippen LogP contribution in [0.5, 0.6) is 5.75 Å². The Kier molecular flexibility index (Phi) is 4.11. The smallest absolute Gasteiger partial charge is 0.144 e. The van der Waals surface area contributed by atoms with Gasteiger partial charge in [-0.1, -0.05) is 44.2 Å². The van der Waals surface area contributed by atoms with E-state index in [-0.39, 0.29) is 16.9 Å². The predicted octanol–water partition coefficient (Wildman–Crippen LogP) is 3.86. The van der Waals surface area contributed by atoms with Gasteiger partial charge < -0.3 is 15.0 Å². The summed E-state index contributed by atoms with van der Waals surface area (Å²) in [6, 6.07) is 17.0. The van der Waals surface area contributed by atoms with Gasteiger partial charge in [0.2, 0.25) is 0 Å². The minimum absolute atomic E-state index is 0.0212. The fraction of sp³-hybridized carbons (Fsp3) is 0.400. The number of carbonyl (C=O) groups excluding carboxylic acids is 1. The topological polar surface area (TPSA) is 58.7 Å². The standard InChI is InChI=1S/C25H28N2O2/c1-24(2)12-17(28)13-25(15-24)23-22(19-6-4-5-7-21(19)27-23)20(14-26-25)16-8-10-18(29-3)11-9-16/h4-11,20,26-27H,12-15H2,1-3H3/p+1/t20-,25-/m0/s1. The molecule has 0 bridgehead atoms. The fourth-order valence-corrected chi connectivity index (χ4v) is 5.87. The number of para-hydroxylation sites is 1. The number of aromatic nitrogens is 1. The zero-order valence-electron chi connectivity index (χ0n) is 17.4. The van der Waals surface area contributed by atoms with Gasteiger partial charge in [0.1, 0.15) is 17.1 Å². The van der Waals surface area contributed by atoms with Crippen LogP contribution >= 0.6 is 0 Å². The first-order chi connectivity index (χ1) is 13.9. The number of ketones is 1. The maximum absolute atomic E-state index is 12.8. The van der Waals surface area contributed by atoms with Crippen molar-refractivity contribution >= 4 is 16.7 Å². The molecular weight excluding hydrogens is 360 g/mol. The number of nitrogens with one attached hydrogen (secondary N) is 1. The number of hydrogen-bond donors (Lipinski definition) is 2. The highest BCUT2D eigenvalue weighted by atomic mass is 16.5. The van der Waals surface area contributed by atoms with Crippen LogP contribution in [0.25, 0.3) is 10.9 Å². The van der Waals surface area contributed by atoms with E-state index >= 15 is 0 Å². The molecule has 150 valence electrons. The first-order valence-electron chi connectivity index (χ1n) is 10.5. The number of fused-ring (bicyclic) bond motifs is 4. The molecule has 2 atom stereocenters. The highest BCUT2D eigenvalue weighted by molar-refractivity contribution is 5.88. The van der Waals surface area contributed by atoms with Crippen molar-refractivity contribution < 1.29 is 14.8 Å². The summed E-state index contributed by atoms with van der Waals surface area (Å²) in [7, 11) is 1.70. The Morgan fingerprint density at radius 2 is 1.83 bits per heavy atom. The third kappa shape index (κ3) is 2.98. The van der Waals surface area contributed by atoms with Crippen LogP contribution in [-0.4, -0.2) is 24.4 Å². The van der Waals surface area contributed by atoms with Crippen LogP contribution in [0, 0.1) is 5.41 Å². The lowest BCUT2D eigenvalue weighted by atomic mass is 9.63. The van der Waals surface area contributed by atoms with Crippen molar-refractivity contribution in [3.8, 4) is 5.75 Å². The largest absolute Gasteiger partial charge is 0.497 e. The first-order valence-corrected chi connectivity index (χ1v) is 10.5. The summed E-state index contributed by atoms with van der Waals surface area (Å²) < 4.78 is 5.35. The molecule has 2 aliphatic rings. The third-order valence-corrected chi connectivity index (χ3v) is 6.84. The van der Waals surface area contributed by atoms with E-state index in [1.165, 1.54) is 27.7 Å². The lowest BCUT2D eigenvalue weighted by molar-refractivity contribution is -0.744. The molecule has 3 N–H and O–H groups in total. The summed E-state index contributed by atoms with van der Waals surface area (Å²) in [6.45, 7) is 5.42. The van der Waals surface area contributed by atoms with Crippen LogP contribution in [0.3, 0.4) is 0 Å². The molecule has 4 heteroatoms. The number of methoxy groups -OCH3 is 1. The van der Waals surface area contributed by atoms with Crippen molar-refractivity contribution in [2.75, 3.05) is 13.7 Å². The van der Waals surface area contributed by atoms with E-state index < -0.39 is 0 Å². The minimum atomic E-state index is -0.184. The van der Waals surface area contributed by atoms with Gasteiger partial charge in [-0.15, -0.1) is 0 Å². The Bertz CT molecular complexity index is 1080. The van der Waals surface area contributed by atoms with E-state index in [1.807, 2.05) is 12.1 Å². The third-order valence-electron chi connectivity index (χ3n) is 6.84. The van der Waals surface area contributed by atoms with Crippen molar-refractivity contribution in [1.29, 1.82) is 0 Å². The summed E-state index contributed by atoms with van der Waals surface area (Å²) in [4.78, 5) is 16.5. The van der Waals surface area contributed by atoms with E-state index in [1.54, 1.807) is 7.11 Å². The highest BCUT2D eigenvalue weighted by Gasteiger charge is 2.53. The molecule has 5 rings (SSSR count). The predicted molar refractivity (Wildman–Crippen MR) is 114 cm³/mol. The molecular formula is C25H29N2O2+. The number of benzene rings is 2. The van der Waals surface area contributed by atoms with E-state index in [0.29, 0.717) is 18.6 Å². The SMILES string of the molecule is COc1ccc([C@@H]2C[NH2+][C@]3(CC(=O)CC(C)(C)C3)c3[nH]c4ccccc4c32)cc1. The quantitative estimate of drug-likeness (QED) is 0.699. The average Bonchev–Trinajstić information content (AvgIpc) is 3.08. The van der Waals surface area contributed by atoms with Crippen LogP contribution in [0.4, 0.5) is 0 Å². The van der Waals surface area contributed by atoms with Gasteiger partial charge in [0.05, 0.1) is 31.7 Å². The van der Waals surface area contributed by atoms with Crippen LogP contribution in [0.2, 0.25) is 0 Å². The Balaban J connectivity index is 1.69. The van der Waals surface area contributed by atoms with Crippen molar-refractivity contribution in [2.24, 2.45) is 5.41 Å². The zero-order chi connectivity index (χ0) is 20.2. The van der Waals surface area contributed by atoms with E-state index in [0.717, 1.165) is 18.7 Å². The number of nitrogens with two attached hydrogens (primary N) is 1. The summed E-state index contributed by atoms with van der Waals surface area (Å²) in [5.74, 6) is 1.55. The van der Waals surface area contributed by atoms with Gasteiger partial charge in [0.15, 0.2) is 0 Å². The van der Waals surface area contributed by atoms with Crippen LogP contribution in [-0.2, 0) is 10.3 Å². The van der Waals surface area contributed by atoms with Gasteiger partial charge >= 0.3 is 0 Å². The summed E-state index contributed by atoms with van der Waals surface area (Å²) in [6.07, 6.45) is 2.31. The van der Waals surface area contributed by atoms with Crippen molar-refractivity contribution in [3.63, 3.8) is 0 Å². The normalized spacial score (nSPS) is 25.9. The Hall–Kier alpha value is -2.59. The molecule has 0 unspecified atom stereocenters. The van der Waals surface area contributed by atoms with Gasteiger partial charge in [-0.2, -0.15) is 0 Å². The van der Waals surface area contributed by atoms with Crippen molar-refractivity contribution in [2.45, 2.75) is 44.6 Å². The van der Waals surface area contributed by atoms with E-state index in [4.69, 9.17) is 4.74 Å². The monoisotopic (exact) mass is 389 g/mol. The Morgan fingerprint density at radius 1 is 1.07 bits per heavy atom. The molecule has 0 radical (unpaired) electrons. The molecule has 2 heterocycles. The van der Waals surface area contributed by atoms with E-state index in [2.05, 4.69) is 60.5 Å². The maximum atomic E-state index is 12.8. The van der Waals surface area contributed by atoms with Gasteiger partial charge in [0.25, 0.3) is 0 Å². The molecule has 1 spiro atoms. The summed E-state index contributed by atoms with van der Waals surface area (Å²) in [5.41, 5.74) is 4.93. The molecule has 2 aromatic carbocycles. The maximum Gasteiger partial charge on any atom is 0.144 e. The van der Waals surface area contributed by atoms with Crippen LogP contribution < -0.4 is 10.1 Å². The number of Topliss-reactive ketones (excluding diaryl/α,β-unsaturated/α-hetero) is 1. The van der Waals surface area contributed by atoms with Crippen molar-refractivity contribution in [3.05, 3.63) is 65.4 Å². The fourth-order valence-electron chi connectivity index (χ4n) is 5.87. The first kappa shape index (κ1) is 18.4. The summed E-state index contributed by atoms with van der Waals surface area (Å²) in [5, 5.41) is 3.73. The van der Waals surface area contributed by atoms with Gasteiger partial charge in [-0.25, -0.2) is 0 Å². The number of H-pyrrole nitrogens is 1. The van der Waals surface area contributed by atoms with Gasteiger partial charge in [0, 0.05) is 29.3 Å². The number of hydrogen-bond acceptors (Lipinski definition) is 2. The molecule has 0 amide bonds. The minimum Gasteiger partial charge on any atom is -0.497 e. The van der Waals surface area contributed by atoms with Gasteiger partial charge in [-0.05, 0) is 29.2 Å². The molecule has 1 aliphatic heterocycles. The molecule has 1 fully saturated rings. The number of quaternary nitrogens is 1. The lowest BCUT2D eigenvalue weighted by Gasteiger charge is -2.45. The number of carbonyl (C=O) groups is 1. The molecule has 1 saturated carbocycles. The average molecular weight is 390 g/mol. The molecule has 3 aromatic rings. The Morgan fingerprint density at radius 3 is 2.55 bits per heavy atom. The highest BCUT2D eigenvalue weighted by Crippen LogP contribution is 2.48. The Labute approximate surface area is 171 Å². The number of ether oxygens (including phenoxy) is 1. The molecule has 1 aliphatic carbocycles. The molecule has 0 saturated heterocycles. The van der Waals surface area contributed by atoms with Crippen molar-refractivity contribution in [1.82, 2.24) is 4.98 Å². The molecule has 4 nitrogen and oxygen atoms in total. The number of rotatable bonds is 2. The van der Waals surface area contributed by atoms with E-state index in [9.17, 15) is 4.79 Å². The van der Waals surface area contributed by atoms with Crippen LogP contribution in [0.15, 0.2) is 48.5 Å². The molecule has 1 aromatic heterocycles. The summed E-state index contributed by atoms with van der Waals surface area (Å²) >= 11 is 0. The second kappa shape index (κ2) is 6.46. The second-order valence-corrected chi connectivity index (χ2v) is 9.61.